The summed E-state index contributed by atoms with van der Waals surface area (Å²) in [5, 5.41) is 4.69. The van der Waals surface area contributed by atoms with Crippen LogP contribution in [0.4, 0.5) is 0 Å². The Morgan fingerprint density at radius 2 is 1.96 bits per heavy atom. The van der Waals surface area contributed by atoms with Crippen LogP contribution >= 0.6 is 39.1 Å². The minimum atomic E-state index is -0.415. The molecule has 1 amide bonds. The van der Waals surface area contributed by atoms with Gasteiger partial charge in [0.1, 0.15) is 5.75 Å². The summed E-state index contributed by atoms with van der Waals surface area (Å²) in [5.74, 6) is -0.0734. The molecular weight excluding hydrogens is 415 g/mol. The summed E-state index contributed by atoms with van der Waals surface area (Å²) in [6.07, 6.45) is 3.36. The minimum Gasteiger partial charge on any atom is -0.482 e. The third kappa shape index (κ3) is 6.35. The first-order valence-electron chi connectivity index (χ1n) is 6.86. The number of ether oxygens (including phenoxy) is 1. The molecule has 24 heavy (non-hydrogen) atoms. The van der Waals surface area contributed by atoms with E-state index in [1.807, 2.05) is 36.4 Å². The van der Waals surface area contributed by atoms with Crippen molar-refractivity contribution in [2.75, 3.05) is 6.61 Å². The molecule has 0 atom stereocenters. The first-order valence-corrected chi connectivity index (χ1v) is 8.41. The van der Waals surface area contributed by atoms with Gasteiger partial charge < -0.3 is 4.74 Å². The van der Waals surface area contributed by atoms with Gasteiger partial charge in [-0.05, 0) is 39.7 Å². The van der Waals surface area contributed by atoms with Gasteiger partial charge in [-0.2, -0.15) is 5.10 Å². The molecule has 2 aromatic carbocycles. The van der Waals surface area contributed by atoms with Crippen LogP contribution in [0.25, 0.3) is 6.08 Å². The Morgan fingerprint density at radius 1 is 1.21 bits per heavy atom. The van der Waals surface area contributed by atoms with Crippen LogP contribution in [-0.4, -0.2) is 18.7 Å². The number of nitrogens with zero attached hydrogens (tertiary/aromatic N) is 1. The Kier molecular flexibility index (Phi) is 7.31. The van der Waals surface area contributed by atoms with Gasteiger partial charge in [0.25, 0.3) is 5.91 Å². The fraction of sp³-hybridized carbons (Fsp3) is 0.0588. The lowest BCUT2D eigenvalue weighted by molar-refractivity contribution is -0.123. The lowest BCUT2D eigenvalue weighted by Gasteiger charge is -2.07. The van der Waals surface area contributed by atoms with Gasteiger partial charge in [0.2, 0.25) is 0 Å². The van der Waals surface area contributed by atoms with Crippen molar-refractivity contribution in [3.8, 4) is 5.75 Å². The van der Waals surface area contributed by atoms with E-state index in [9.17, 15) is 4.79 Å². The van der Waals surface area contributed by atoms with Crippen molar-refractivity contribution < 1.29 is 9.53 Å². The lowest BCUT2D eigenvalue weighted by atomic mass is 10.2. The molecule has 0 bridgehead atoms. The van der Waals surface area contributed by atoms with Gasteiger partial charge in [-0.15, -0.1) is 0 Å². The summed E-state index contributed by atoms with van der Waals surface area (Å²) in [7, 11) is 0. The van der Waals surface area contributed by atoms with Crippen LogP contribution in [0.3, 0.4) is 0 Å². The van der Waals surface area contributed by atoms with Crippen LogP contribution in [0.5, 0.6) is 5.75 Å². The van der Waals surface area contributed by atoms with Crippen molar-refractivity contribution in [2.24, 2.45) is 5.10 Å². The summed E-state index contributed by atoms with van der Waals surface area (Å²) < 4.78 is 6.02. The second kappa shape index (κ2) is 9.47. The van der Waals surface area contributed by atoms with Crippen LogP contribution in [0, 0.1) is 0 Å². The van der Waals surface area contributed by atoms with Crippen molar-refractivity contribution in [3.05, 3.63) is 68.6 Å². The Morgan fingerprint density at radius 3 is 2.71 bits per heavy atom. The number of hydrogen-bond acceptors (Lipinski definition) is 3. The van der Waals surface area contributed by atoms with Crippen LogP contribution < -0.4 is 10.2 Å². The fourth-order valence-corrected chi connectivity index (χ4v) is 2.38. The van der Waals surface area contributed by atoms with E-state index in [1.54, 1.807) is 18.2 Å². The fourth-order valence-electron chi connectivity index (χ4n) is 1.68. The predicted octanol–water partition coefficient (Wildman–Crippen LogP) is 4.91. The van der Waals surface area contributed by atoms with E-state index in [0.717, 1.165) is 5.56 Å². The Labute approximate surface area is 158 Å². The highest BCUT2D eigenvalue weighted by molar-refractivity contribution is 9.12. The number of rotatable bonds is 6. The molecule has 0 saturated carbocycles. The van der Waals surface area contributed by atoms with Gasteiger partial charge in [-0.1, -0.05) is 53.5 Å². The van der Waals surface area contributed by atoms with Gasteiger partial charge in [-0.25, -0.2) is 5.43 Å². The third-order valence-electron chi connectivity index (χ3n) is 2.73. The maximum absolute atomic E-state index is 11.7. The Hall–Kier alpha value is -1.82. The number of carbonyl (C=O) groups excluding carboxylic acids is 1. The van der Waals surface area contributed by atoms with Crippen LogP contribution in [-0.2, 0) is 4.79 Å². The molecule has 0 saturated heterocycles. The monoisotopic (exact) mass is 426 g/mol. The maximum Gasteiger partial charge on any atom is 0.277 e. The van der Waals surface area contributed by atoms with Crippen LogP contribution in [0.15, 0.2) is 58.1 Å². The minimum absolute atomic E-state index is 0.225. The molecule has 7 heteroatoms. The van der Waals surface area contributed by atoms with Crippen molar-refractivity contribution in [2.45, 2.75) is 0 Å². The summed E-state index contributed by atoms with van der Waals surface area (Å²) >= 11 is 15.1. The summed E-state index contributed by atoms with van der Waals surface area (Å²) in [6, 6.07) is 14.5. The zero-order valence-corrected chi connectivity index (χ0v) is 15.5. The Bertz CT molecular complexity index is 764. The highest BCUT2D eigenvalue weighted by Crippen LogP contribution is 2.27. The van der Waals surface area contributed by atoms with Crippen molar-refractivity contribution >= 4 is 57.3 Å². The topological polar surface area (TPSA) is 50.7 Å². The molecule has 0 aliphatic carbocycles. The van der Waals surface area contributed by atoms with E-state index < -0.39 is 5.91 Å². The number of halogens is 3. The van der Waals surface area contributed by atoms with E-state index >= 15 is 0 Å². The van der Waals surface area contributed by atoms with Crippen molar-refractivity contribution in [1.29, 1.82) is 0 Å². The largest absolute Gasteiger partial charge is 0.482 e. The van der Waals surface area contributed by atoms with E-state index in [4.69, 9.17) is 27.9 Å². The molecule has 2 aromatic rings. The van der Waals surface area contributed by atoms with Crippen molar-refractivity contribution in [1.82, 2.24) is 5.43 Å². The van der Waals surface area contributed by atoms with Crippen molar-refractivity contribution in [3.63, 3.8) is 0 Å². The second-order valence-electron chi connectivity index (χ2n) is 4.60. The van der Waals surface area contributed by atoms with Gasteiger partial charge in [0.15, 0.2) is 6.61 Å². The number of carbonyl (C=O) groups is 1. The average molecular weight is 428 g/mol. The zero-order chi connectivity index (χ0) is 17.4. The van der Waals surface area contributed by atoms with Gasteiger partial charge in [0, 0.05) is 15.6 Å². The SMILES string of the molecule is O=C(COc1cc(Cl)ccc1Cl)NN=CC(Br)=Cc1ccccc1. The molecule has 0 radical (unpaired) electrons. The lowest BCUT2D eigenvalue weighted by Crippen LogP contribution is -2.24. The molecule has 124 valence electrons. The molecular formula is C17H13BrCl2N2O2. The molecule has 4 nitrogen and oxygen atoms in total. The summed E-state index contributed by atoms with van der Waals surface area (Å²) in [6.45, 7) is -0.225. The molecule has 0 spiro atoms. The standard InChI is InChI=1S/C17H13BrCl2N2O2/c18-13(8-12-4-2-1-3-5-12)10-21-22-17(23)11-24-16-9-14(19)6-7-15(16)20/h1-10H,11H2,(H,22,23). The Balaban J connectivity index is 1.82. The van der Waals surface area contributed by atoms with Crippen LogP contribution in [0.2, 0.25) is 10.0 Å². The average Bonchev–Trinajstić information content (AvgIpc) is 2.56. The number of nitrogens with one attached hydrogen (secondary N) is 1. The third-order valence-corrected chi connectivity index (χ3v) is 3.71. The zero-order valence-electron chi connectivity index (χ0n) is 12.4. The molecule has 0 unspecified atom stereocenters. The van der Waals surface area contributed by atoms with Gasteiger partial charge in [-0.3, -0.25) is 4.79 Å². The molecule has 1 N–H and O–H groups in total. The number of hydrogen-bond donors (Lipinski definition) is 1. The van der Waals surface area contributed by atoms with Gasteiger partial charge >= 0.3 is 0 Å². The smallest absolute Gasteiger partial charge is 0.277 e. The molecule has 2 rings (SSSR count). The van der Waals surface area contributed by atoms with E-state index in [2.05, 4.69) is 26.5 Å². The van der Waals surface area contributed by atoms with E-state index in [1.165, 1.54) is 6.21 Å². The van der Waals surface area contributed by atoms with E-state index in [-0.39, 0.29) is 6.61 Å². The molecule has 0 aromatic heterocycles. The number of benzene rings is 2. The number of amides is 1. The van der Waals surface area contributed by atoms with Gasteiger partial charge in [0.05, 0.1) is 11.2 Å². The number of hydrazone groups is 1. The highest BCUT2D eigenvalue weighted by atomic mass is 79.9. The second-order valence-corrected chi connectivity index (χ2v) is 6.36. The van der Waals surface area contributed by atoms with E-state index in [0.29, 0.717) is 20.3 Å². The van der Waals surface area contributed by atoms with Crippen LogP contribution in [0.1, 0.15) is 5.56 Å². The quantitative estimate of drug-likeness (QED) is 0.525. The highest BCUT2D eigenvalue weighted by Gasteiger charge is 2.06. The molecule has 0 aliphatic heterocycles. The summed E-state index contributed by atoms with van der Waals surface area (Å²) in [5.41, 5.74) is 3.38. The predicted molar refractivity (Wildman–Crippen MR) is 102 cm³/mol. The normalized spacial score (nSPS) is 11.5. The first kappa shape index (κ1) is 18.5. The number of allylic oxidation sites excluding steroid dienone is 1. The summed E-state index contributed by atoms with van der Waals surface area (Å²) in [4.78, 5) is 11.7. The first-order chi connectivity index (χ1) is 11.5. The molecule has 0 fully saturated rings. The molecule has 0 heterocycles. The molecule has 0 aliphatic rings. The maximum atomic E-state index is 11.7.